The van der Waals surface area contributed by atoms with Gasteiger partial charge < -0.3 is 4.57 Å². The Morgan fingerprint density at radius 2 is 1.71 bits per heavy atom. The molecular formula is C25H17ClFN3S. The largest absolute Gasteiger partial charge is 0.300 e. The Morgan fingerprint density at radius 3 is 2.52 bits per heavy atom. The van der Waals surface area contributed by atoms with Crippen LogP contribution >= 0.6 is 23.4 Å². The highest BCUT2D eigenvalue weighted by atomic mass is 35.5. The van der Waals surface area contributed by atoms with E-state index in [2.05, 4.69) is 22.1 Å². The quantitative estimate of drug-likeness (QED) is 0.212. The summed E-state index contributed by atoms with van der Waals surface area (Å²) in [6.45, 7) is 0. The zero-order valence-corrected chi connectivity index (χ0v) is 17.9. The summed E-state index contributed by atoms with van der Waals surface area (Å²) < 4.78 is 15.9. The minimum absolute atomic E-state index is 0.289. The molecule has 0 aliphatic rings. The third-order valence-corrected chi connectivity index (χ3v) is 6.45. The van der Waals surface area contributed by atoms with Crippen molar-refractivity contribution in [3.05, 3.63) is 108 Å². The number of nitrogens with zero attached hydrogens (tertiary/aromatic N) is 3. The first-order chi connectivity index (χ1) is 15.2. The Bertz CT molecular complexity index is 1370. The molecule has 0 radical (unpaired) electrons. The summed E-state index contributed by atoms with van der Waals surface area (Å²) in [5.41, 5.74) is 4.56. The van der Waals surface area contributed by atoms with E-state index in [0.29, 0.717) is 11.4 Å². The maximum atomic E-state index is 13.9. The molecular weight excluding hydrogens is 429 g/mol. The number of hydrogen-bond donors (Lipinski definition) is 0. The highest BCUT2D eigenvalue weighted by molar-refractivity contribution is 7.98. The Hall–Kier alpha value is -3.15. The summed E-state index contributed by atoms with van der Waals surface area (Å²) >= 11 is 7.96. The van der Waals surface area contributed by atoms with Crippen molar-refractivity contribution in [2.24, 2.45) is 0 Å². The first kappa shape index (κ1) is 19.8. The summed E-state index contributed by atoms with van der Waals surface area (Å²) in [4.78, 5) is 9.14. The van der Waals surface area contributed by atoms with Gasteiger partial charge in [0.15, 0.2) is 0 Å². The lowest BCUT2D eigenvalue weighted by atomic mass is 10.1. The van der Waals surface area contributed by atoms with Gasteiger partial charge in [0.1, 0.15) is 22.8 Å². The maximum Gasteiger partial charge on any atom is 0.149 e. The number of halogens is 2. The minimum Gasteiger partial charge on any atom is -0.300 e. The topological polar surface area (TPSA) is 30.7 Å². The van der Waals surface area contributed by atoms with Crippen molar-refractivity contribution in [3.8, 4) is 16.8 Å². The Balaban J connectivity index is 1.67. The van der Waals surface area contributed by atoms with Gasteiger partial charge in [-0.3, -0.25) is 0 Å². The van der Waals surface area contributed by atoms with E-state index < -0.39 is 0 Å². The molecule has 0 atom stereocenters. The summed E-state index contributed by atoms with van der Waals surface area (Å²) in [7, 11) is 0. The molecule has 0 aliphatic heterocycles. The predicted molar refractivity (Wildman–Crippen MR) is 125 cm³/mol. The molecule has 0 aliphatic carbocycles. The average molecular weight is 446 g/mol. The number of aromatic nitrogens is 3. The minimum atomic E-state index is -0.289. The molecule has 0 bridgehead atoms. The predicted octanol–water partition coefficient (Wildman–Crippen LogP) is 7.17. The van der Waals surface area contributed by atoms with E-state index in [9.17, 15) is 4.39 Å². The van der Waals surface area contributed by atoms with E-state index in [1.165, 1.54) is 12.1 Å². The monoisotopic (exact) mass is 445 g/mol. The molecule has 0 N–H and O–H groups in total. The van der Waals surface area contributed by atoms with Crippen LogP contribution in [0.5, 0.6) is 0 Å². The van der Waals surface area contributed by atoms with Gasteiger partial charge in [0.2, 0.25) is 0 Å². The molecule has 3 aromatic carbocycles. The lowest BCUT2D eigenvalue weighted by Crippen LogP contribution is -1.95. The van der Waals surface area contributed by atoms with Gasteiger partial charge in [-0.2, -0.15) is 0 Å². The summed E-state index contributed by atoms with van der Waals surface area (Å²) in [5.74, 6) is 0.397. The highest BCUT2D eigenvalue weighted by Crippen LogP contribution is 2.38. The van der Waals surface area contributed by atoms with Crippen LogP contribution in [0.4, 0.5) is 4.39 Å². The van der Waals surface area contributed by atoms with Gasteiger partial charge in [0, 0.05) is 28.2 Å². The molecule has 2 aromatic heterocycles. The molecule has 5 rings (SSSR count). The van der Waals surface area contributed by atoms with Crippen molar-refractivity contribution in [1.82, 2.24) is 14.5 Å². The fraction of sp³-hybridized carbons (Fsp3) is 0.0400. The average Bonchev–Trinajstić information content (AvgIpc) is 3.20. The zero-order chi connectivity index (χ0) is 21.2. The van der Waals surface area contributed by atoms with Crippen molar-refractivity contribution >= 4 is 34.4 Å². The van der Waals surface area contributed by atoms with Gasteiger partial charge in [-0.15, -0.1) is 11.8 Å². The number of rotatable bonds is 5. The van der Waals surface area contributed by atoms with E-state index in [1.807, 2.05) is 59.3 Å². The van der Waals surface area contributed by atoms with Crippen LogP contribution in [0, 0.1) is 5.82 Å². The summed E-state index contributed by atoms with van der Waals surface area (Å²) in [5, 5.41) is 2.54. The van der Waals surface area contributed by atoms with Gasteiger partial charge in [0.05, 0.1) is 5.39 Å². The number of thioether (sulfide) groups is 1. The van der Waals surface area contributed by atoms with Gasteiger partial charge in [0.25, 0.3) is 0 Å². The smallest absolute Gasteiger partial charge is 0.149 e. The standard InChI is InChI=1S/C25H17ClFN3S/c26-22-12-5-4-9-18(22)15-31-25-23-21(17-7-2-1-3-8-17)14-30(24(23)28-16-29-25)20-11-6-10-19(27)13-20/h1-14,16H,15H2. The number of benzene rings is 3. The van der Waals surface area contributed by atoms with Crippen LogP contribution in [0.15, 0.2) is 96.4 Å². The second kappa shape index (κ2) is 8.53. The molecule has 0 unspecified atom stereocenters. The second-order valence-corrected chi connectivity index (χ2v) is 8.39. The van der Waals surface area contributed by atoms with Gasteiger partial charge in [-0.1, -0.05) is 66.2 Å². The molecule has 6 heteroatoms. The first-order valence-electron chi connectivity index (χ1n) is 9.74. The molecule has 0 saturated heterocycles. The first-order valence-corrected chi connectivity index (χ1v) is 11.1. The van der Waals surface area contributed by atoms with E-state index >= 15 is 0 Å². The van der Waals surface area contributed by atoms with Crippen molar-refractivity contribution in [2.75, 3.05) is 0 Å². The van der Waals surface area contributed by atoms with Crippen molar-refractivity contribution in [1.29, 1.82) is 0 Å². The van der Waals surface area contributed by atoms with Crippen LogP contribution in [0.25, 0.3) is 27.8 Å². The second-order valence-electron chi connectivity index (χ2n) is 7.02. The van der Waals surface area contributed by atoms with Gasteiger partial charge >= 0.3 is 0 Å². The fourth-order valence-corrected chi connectivity index (χ4v) is 4.86. The Morgan fingerprint density at radius 1 is 0.903 bits per heavy atom. The van der Waals surface area contributed by atoms with Crippen LogP contribution in [0.3, 0.4) is 0 Å². The number of hydrogen-bond acceptors (Lipinski definition) is 3. The zero-order valence-electron chi connectivity index (χ0n) is 16.4. The van der Waals surface area contributed by atoms with Crippen molar-refractivity contribution in [3.63, 3.8) is 0 Å². The molecule has 3 nitrogen and oxygen atoms in total. The van der Waals surface area contributed by atoms with Crippen LogP contribution in [0.2, 0.25) is 5.02 Å². The molecule has 0 fully saturated rings. The van der Waals surface area contributed by atoms with Crippen LogP contribution < -0.4 is 0 Å². The summed E-state index contributed by atoms with van der Waals surface area (Å²) in [6, 6.07) is 24.4. The molecule has 0 amide bonds. The molecule has 2 heterocycles. The molecule has 5 aromatic rings. The van der Waals surface area contributed by atoms with Crippen molar-refractivity contribution in [2.45, 2.75) is 10.8 Å². The molecule has 152 valence electrons. The van der Waals surface area contributed by atoms with Crippen LogP contribution in [0.1, 0.15) is 5.56 Å². The van der Waals surface area contributed by atoms with Crippen molar-refractivity contribution < 1.29 is 4.39 Å². The fourth-order valence-electron chi connectivity index (χ4n) is 3.56. The molecule has 31 heavy (non-hydrogen) atoms. The highest BCUT2D eigenvalue weighted by Gasteiger charge is 2.18. The Kier molecular flexibility index (Phi) is 5.45. The van der Waals surface area contributed by atoms with Crippen LogP contribution in [-0.2, 0) is 5.75 Å². The Labute approximate surface area is 188 Å². The van der Waals surface area contributed by atoms with Crippen LogP contribution in [-0.4, -0.2) is 14.5 Å². The van der Waals surface area contributed by atoms with E-state index in [1.54, 1.807) is 24.2 Å². The maximum absolute atomic E-state index is 13.9. The molecule has 0 saturated carbocycles. The third-order valence-electron chi connectivity index (χ3n) is 5.04. The normalized spacial score (nSPS) is 11.2. The van der Waals surface area contributed by atoms with E-state index in [-0.39, 0.29) is 5.82 Å². The van der Waals surface area contributed by atoms with E-state index in [4.69, 9.17) is 11.6 Å². The summed E-state index contributed by atoms with van der Waals surface area (Å²) in [6.07, 6.45) is 3.56. The van der Waals surface area contributed by atoms with Gasteiger partial charge in [-0.25, -0.2) is 14.4 Å². The SMILES string of the molecule is Fc1cccc(-n2cc(-c3ccccc3)c3c(SCc4ccccc4Cl)ncnc32)c1. The number of fused-ring (bicyclic) bond motifs is 1. The van der Waals surface area contributed by atoms with E-state index in [0.717, 1.165) is 37.8 Å². The molecule has 0 spiro atoms. The third kappa shape index (κ3) is 3.94. The lowest BCUT2D eigenvalue weighted by Gasteiger charge is -2.07. The van der Waals surface area contributed by atoms with Gasteiger partial charge in [-0.05, 0) is 35.4 Å². The lowest BCUT2D eigenvalue weighted by molar-refractivity contribution is 0.627.